The predicted molar refractivity (Wildman–Crippen MR) is 77.7 cm³/mol. The van der Waals surface area contributed by atoms with Crippen LogP contribution in [0.3, 0.4) is 0 Å². The van der Waals surface area contributed by atoms with Crippen molar-refractivity contribution in [3.8, 4) is 0 Å². The summed E-state index contributed by atoms with van der Waals surface area (Å²) in [6.45, 7) is 3.13. The number of nitrogens with zero attached hydrogens (tertiary/aromatic N) is 1. The van der Waals surface area contributed by atoms with Gasteiger partial charge in [0.15, 0.2) is 0 Å². The van der Waals surface area contributed by atoms with Crippen LogP contribution in [-0.2, 0) is 16.4 Å². The highest BCUT2D eigenvalue weighted by Crippen LogP contribution is 2.26. The van der Waals surface area contributed by atoms with Gasteiger partial charge in [-0.1, -0.05) is 12.1 Å². The van der Waals surface area contributed by atoms with E-state index in [4.69, 9.17) is 5.73 Å². The number of aliphatic hydroxyl groups excluding tert-OH is 1. The molecule has 1 heterocycles. The fraction of sp³-hybridized carbons (Fsp3) is 0.571. The highest BCUT2D eigenvalue weighted by Gasteiger charge is 2.34. The Bertz CT molecular complexity index is 540. The minimum Gasteiger partial charge on any atom is -0.393 e. The topological polar surface area (TPSA) is 83.6 Å². The first kappa shape index (κ1) is 15.4. The van der Waals surface area contributed by atoms with E-state index >= 15 is 0 Å². The van der Waals surface area contributed by atoms with Gasteiger partial charge < -0.3 is 10.8 Å². The highest BCUT2D eigenvalue weighted by molar-refractivity contribution is 7.89. The summed E-state index contributed by atoms with van der Waals surface area (Å²) in [6.07, 6.45) is 0.984. The van der Waals surface area contributed by atoms with Crippen LogP contribution in [0.2, 0.25) is 0 Å². The van der Waals surface area contributed by atoms with Crippen LogP contribution in [0.4, 0.5) is 0 Å². The maximum absolute atomic E-state index is 12.5. The molecular formula is C14H22N2O3S. The van der Waals surface area contributed by atoms with Crippen molar-refractivity contribution in [2.24, 2.45) is 11.7 Å². The minimum absolute atomic E-state index is 0.0290. The van der Waals surface area contributed by atoms with E-state index in [2.05, 4.69) is 0 Å². The third-order valence-electron chi connectivity index (χ3n) is 3.86. The number of aliphatic hydroxyl groups is 1. The lowest BCUT2D eigenvalue weighted by atomic mass is 10.0. The Morgan fingerprint density at radius 1 is 1.40 bits per heavy atom. The molecule has 0 bridgehead atoms. The monoisotopic (exact) mass is 298 g/mol. The minimum atomic E-state index is -3.45. The van der Waals surface area contributed by atoms with Crippen LogP contribution in [0.5, 0.6) is 0 Å². The van der Waals surface area contributed by atoms with Crippen LogP contribution in [0.25, 0.3) is 0 Å². The quantitative estimate of drug-likeness (QED) is 0.833. The van der Waals surface area contributed by atoms with Crippen molar-refractivity contribution >= 4 is 10.0 Å². The SMILES string of the molecule is CC(O)C1CCN(S(=O)(=O)c2ccc(CCN)cc2)C1. The van der Waals surface area contributed by atoms with Crippen molar-refractivity contribution in [2.45, 2.75) is 30.8 Å². The van der Waals surface area contributed by atoms with Crippen molar-refractivity contribution in [3.63, 3.8) is 0 Å². The lowest BCUT2D eigenvalue weighted by molar-refractivity contribution is 0.133. The van der Waals surface area contributed by atoms with E-state index in [-0.39, 0.29) is 5.92 Å². The van der Waals surface area contributed by atoms with E-state index in [0.29, 0.717) is 31.0 Å². The summed E-state index contributed by atoms with van der Waals surface area (Å²) >= 11 is 0. The molecule has 0 aromatic heterocycles. The molecule has 1 fully saturated rings. The molecule has 2 rings (SSSR count). The van der Waals surface area contributed by atoms with Crippen molar-refractivity contribution in [1.29, 1.82) is 0 Å². The normalized spacial score (nSPS) is 22.1. The Morgan fingerprint density at radius 3 is 2.55 bits per heavy atom. The standard InChI is InChI=1S/C14H22N2O3S/c1-11(17)13-7-9-16(10-13)20(18,19)14-4-2-12(3-5-14)6-8-15/h2-5,11,13,17H,6-10,15H2,1H3. The molecule has 6 heteroatoms. The van der Waals surface area contributed by atoms with Gasteiger partial charge in [-0.15, -0.1) is 0 Å². The molecule has 2 atom stereocenters. The predicted octanol–water partition coefficient (Wildman–Crippen LogP) is 0.579. The Hall–Kier alpha value is -0.950. The Labute approximate surface area is 120 Å². The summed E-state index contributed by atoms with van der Waals surface area (Å²) < 4.78 is 26.4. The lowest BCUT2D eigenvalue weighted by Gasteiger charge is -2.18. The first-order chi connectivity index (χ1) is 9.45. The molecule has 1 aromatic carbocycles. The second-order valence-corrected chi connectivity index (χ2v) is 7.27. The summed E-state index contributed by atoms with van der Waals surface area (Å²) in [5.41, 5.74) is 6.51. The van der Waals surface area contributed by atoms with E-state index in [1.165, 1.54) is 4.31 Å². The van der Waals surface area contributed by atoms with Gasteiger partial charge in [-0.05, 0) is 49.9 Å². The van der Waals surface area contributed by atoms with E-state index in [9.17, 15) is 13.5 Å². The number of nitrogens with two attached hydrogens (primary N) is 1. The van der Waals surface area contributed by atoms with Crippen LogP contribution < -0.4 is 5.73 Å². The largest absolute Gasteiger partial charge is 0.393 e. The third kappa shape index (κ3) is 3.20. The molecule has 0 saturated carbocycles. The number of hydrogen-bond donors (Lipinski definition) is 2. The average molecular weight is 298 g/mol. The van der Waals surface area contributed by atoms with Crippen molar-refractivity contribution < 1.29 is 13.5 Å². The molecule has 3 N–H and O–H groups in total. The molecule has 0 spiro atoms. The van der Waals surface area contributed by atoms with Gasteiger partial charge in [-0.2, -0.15) is 4.31 Å². The molecule has 20 heavy (non-hydrogen) atoms. The molecule has 0 amide bonds. The first-order valence-corrected chi connectivity index (χ1v) is 8.36. The molecule has 1 saturated heterocycles. The first-order valence-electron chi connectivity index (χ1n) is 6.92. The van der Waals surface area contributed by atoms with Gasteiger partial charge in [0.2, 0.25) is 10.0 Å². The number of sulfonamides is 1. The van der Waals surface area contributed by atoms with Gasteiger partial charge >= 0.3 is 0 Å². The maximum Gasteiger partial charge on any atom is 0.243 e. The average Bonchev–Trinajstić information content (AvgIpc) is 2.90. The van der Waals surface area contributed by atoms with Gasteiger partial charge in [-0.3, -0.25) is 0 Å². The molecule has 5 nitrogen and oxygen atoms in total. The molecule has 1 aliphatic heterocycles. The van der Waals surface area contributed by atoms with Crippen molar-refractivity contribution in [3.05, 3.63) is 29.8 Å². The molecule has 0 aliphatic carbocycles. The Balaban J connectivity index is 2.14. The van der Waals surface area contributed by atoms with Crippen molar-refractivity contribution in [1.82, 2.24) is 4.31 Å². The van der Waals surface area contributed by atoms with Gasteiger partial charge in [0.1, 0.15) is 0 Å². The fourth-order valence-corrected chi connectivity index (χ4v) is 4.02. The van der Waals surface area contributed by atoms with E-state index in [0.717, 1.165) is 12.0 Å². The van der Waals surface area contributed by atoms with Gasteiger partial charge in [0.05, 0.1) is 11.0 Å². The van der Waals surface area contributed by atoms with E-state index < -0.39 is 16.1 Å². The Kier molecular flexibility index (Phi) is 4.80. The molecule has 1 aliphatic rings. The number of hydrogen-bond acceptors (Lipinski definition) is 4. The fourth-order valence-electron chi connectivity index (χ4n) is 2.51. The second-order valence-electron chi connectivity index (χ2n) is 5.34. The van der Waals surface area contributed by atoms with Crippen LogP contribution >= 0.6 is 0 Å². The summed E-state index contributed by atoms with van der Waals surface area (Å²) in [7, 11) is -3.45. The second kappa shape index (κ2) is 6.22. The number of benzene rings is 1. The molecule has 112 valence electrons. The molecule has 1 aromatic rings. The van der Waals surface area contributed by atoms with Gasteiger partial charge in [0.25, 0.3) is 0 Å². The van der Waals surface area contributed by atoms with Crippen LogP contribution in [0, 0.1) is 5.92 Å². The van der Waals surface area contributed by atoms with Crippen LogP contribution in [-0.4, -0.2) is 43.6 Å². The molecule has 2 unspecified atom stereocenters. The molecule has 0 radical (unpaired) electrons. The molecular weight excluding hydrogens is 276 g/mol. The summed E-state index contributed by atoms with van der Waals surface area (Å²) in [5, 5.41) is 9.57. The van der Waals surface area contributed by atoms with Gasteiger partial charge in [0, 0.05) is 13.1 Å². The van der Waals surface area contributed by atoms with Crippen LogP contribution in [0.1, 0.15) is 18.9 Å². The van der Waals surface area contributed by atoms with E-state index in [1.54, 1.807) is 19.1 Å². The van der Waals surface area contributed by atoms with Crippen LogP contribution in [0.15, 0.2) is 29.2 Å². The summed E-state index contributed by atoms with van der Waals surface area (Å²) in [5.74, 6) is 0.0290. The maximum atomic E-state index is 12.5. The third-order valence-corrected chi connectivity index (χ3v) is 5.74. The number of rotatable bonds is 5. The Morgan fingerprint density at radius 2 is 2.05 bits per heavy atom. The zero-order chi connectivity index (χ0) is 14.8. The lowest BCUT2D eigenvalue weighted by Crippen LogP contribution is -2.30. The summed E-state index contributed by atoms with van der Waals surface area (Å²) in [6, 6.07) is 6.88. The van der Waals surface area contributed by atoms with Gasteiger partial charge in [-0.25, -0.2) is 8.42 Å². The zero-order valence-electron chi connectivity index (χ0n) is 11.7. The van der Waals surface area contributed by atoms with E-state index in [1.807, 2.05) is 12.1 Å². The smallest absolute Gasteiger partial charge is 0.243 e. The van der Waals surface area contributed by atoms with Crippen molar-refractivity contribution in [2.75, 3.05) is 19.6 Å². The highest BCUT2D eigenvalue weighted by atomic mass is 32.2. The zero-order valence-corrected chi connectivity index (χ0v) is 12.5. The summed E-state index contributed by atoms with van der Waals surface area (Å²) in [4.78, 5) is 0.310.